The van der Waals surface area contributed by atoms with Crippen molar-refractivity contribution in [1.82, 2.24) is 4.90 Å². The summed E-state index contributed by atoms with van der Waals surface area (Å²) >= 11 is 0. The summed E-state index contributed by atoms with van der Waals surface area (Å²) in [4.78, 5) is 41.8. The van der Waals surface area contributed by atoms with Gasteiger partial charge in [0.15, 0.2) is 0 Å². The van der Waals surface area contributed by atoms with Crippen LogP contribution in [0.15, 0.2) is 24.3 Å². The number of nitrogens with two attached hydrogens (primary N) is 1. The second-order valence-corrected chi connectivity index (χ2v) is 7.51. The van der Waals surface area contributed by atoms with Crippen LogP contribution in [0.4, 0.5) is 50.9 Å². The molecule has 0 atom stereocenters. The zero-order valence-corrected chi connectivity index (χ0v) is 20.7. The van der Waals surface area contributed by atoms with Crippen molar-refractivity contribution in [1.29, 1.82) is 0 Å². The van der Waals surface area contributed by atoms with Gasteiger partial charge in [-0.3, -0.25) is 15.0 Å². The number of hydrogen-bond acceptors (Lipinski definition) is 8. The fraction of sp³-hybridized carbons (Fsp3) is 0.550. The molecule has 0 radical (unpaired) electrons. The molecule has 0 saturated carbocycles. The number of nitro benzene ring substituents is 1. The van der Waals surface area contributed by atoms with Crippen molar-refractivity contribution in [3.8, 4) is 0 Å². The van der Waals surface area contributed by atoms with Gasteiger partial charge in [-0.25, -0.2) is 14.4 Å². The summed E-state index contributed by atoms with van der Waals surface area (Å²) in [5, 5.41) is 32.2. The van der Waals surface area contributed by atoms with Crippen LogP contribution in [0.1, 0.15) is 12.8 Å². The summed E-state index contributed by atoms with van der Waals surface area (Å²) in [6.07, 6.45) is -13.0. The first-order valence-corrected chi connectivity index (χ1v) is 10.9. The van der Waals surface area contributed by atoms with E-state index < -0.39 is 36.4 Å². The maximum atomic E-state index is 10.8. The Labute approximate surface area is 224 Å². The number of aliphatic carboxylic acids is 3. The fourth-order valence-corrected chi connectivity index (χ4v) is 2.51. The Bertz CT molecular complexity index is 924. The first-order valence-electron chi connectivity index (χ1n) is 10.9. The quantitative estimate of drug-likeness (QED) is 0.158. The van der Waals surface area contributed by atoms with Crippen LogP contribution in [0.3, 0.4) is 0 Å². The van der Waals surface area contributed by atoms with E-state index in [-0.39, 0.29) is 10.6 Å². The molecule has 1 fully saturated rings. The number of piperazine rings is 1. The molecule has 12 nitrogen and oxygen atoms in total. The summed E-state index contributed by atoms with van der Waals surface area (Å²) in [7, 11) is 0. The molecule has 0 amide bonds. The van der Waals surface area contributed by atoms with E-state index in [1.807, 2.05) is 6.07 Å². The van der Waals surface area contributed by atoms with E-state index in [1.165, 1.54) is 6.07 Å². The molecule has 0 aliphatic carbocycles. The third kappa shape index (κ3) is 18.9. The lowest BCUT2D eigenvalue weighted by Gasteiger charge is -2.36. The van der Waals surface area contributed by atoms with Crippen LogP contribution in [-0.2, 0) is 14.4 Å². The summed E-state index contributed by atoms with van der Waals surface area (Å²) in [6.45, 7) is 5.71. The Morgan fingerprint density at radius 3 is 1.51 bits per heavy atom. The lowest BCUT2D eigenvalue weighted by molar-refractivity contribution is -0.384. The van der Waals surface area contributed by atoms with Gasteiger partial charge < -0.3 is 26.0 Å². The molecule has 21 heteroatoms. The van der Waals surface area contributed by atoms with E-state index >= 15 is 0 Å². The molecule has 2 rings (SSSR count). The van der Waals surface area contributed by atoms with Crippen molar-refractivity contribution in [2.45, 2.75) is 31.4 Å². The highest BCUT2D eigenvalue weighted by Crippen LogP contribution is 2.22. The molecule has 236 valence electrons. The summed E-state index contributed by atoms with van der Waals surface area (Å²) in [6, 6.07) is 6.88. The van der Waals surface area contributed by atoms with E-state index in [2.05, 4.69) is 9.80 Å². The molecule has 0 spiro atoms. The van der Waals surface area contributed by atoms with Gasteiger partial charge in [-0.15, -0.1) is 0 Å². The number of benzene rings is 1. The third-order valence-corrected chi connectivity index (χ3v) is 4.43. The molecule has 0 aromatic heterocycles. The van der Waals surface area contributed by atoms with Crippen LogP contribution >= 0.6 is 0 Å². The van der Waals surface area contributed by atoms with Gasteiger partial charge in [0, 0.05) is 44.0 Å². The number of carbonyl (C=O) groups is 3. The van der Waals surface area contributed by atoms with Crippen molar-refractivity contribution >= 4 is 29.3 Å². The zero-order chi connectivity index (χ0) is 32.6. The number of halogens is 9. The van der Waals surface area contributed by atoms with Gasteiger partial charge in [0.2, 0.25) is 0 Å². The smallest absolute Gasteiger partial charge is 0.475 e. The van der Waals surface area contributed by atoms with Crippen LogP contribution in [0, 0.1) is 10.1 Å². The number of nitrogens with zero attached hydrogens (tertiary/aromatic N) is 3. The first kappa shape index (κ1) is 39.3. The van der Waals surface area contributed by atoms with Gasteiger partial charge in [0.05, 0.1) is 4.92 Å². The Hall–Kier alpha value is -3.88. The number of non-ortho nitro benzene ring substituents is 1. The Morgan fingerprint density at radius 1 is 0.805 bits per heavy atom. The monoisotopic (exact) mass is 620 g/mol. The van der Waals surface area contributed by atoms with Crippen molar-refractivity contribution in [2.75, 3.05) is 44.2 Å². The molecule has 0 unspecified atom stereocenters. The molecule has 5 N–H and O–H groups in total. The normalized spacial score (nSPS) is 13.8. The van der Waals surface area contributed by atoms with E-state index in [4.69, 9.17) is 35.4 Å². The molecule has 0 bridgehead atoms. The maximum Gasteiger partial charge on any atom is 0.490 e. The predicted octanol–water partition coefficient (Wildman–Crippen LogP) is 3.36. The van der Waals surface area contributed by atoms with Crippen molar-refractivity contribution in [3.63, 3.8) is 0 Å². The number of carboxylic acids is 3. The van der Waals surface area contributed by atoms with Gasteiger partial charge in [0.1, 0.15) is 0 Å². The lowest BCUT2D eigenvalue weighted by Crippen LogP contribution is -2.46. The zero-order valence-electron chi connectivity index (χ0n) is 20.7. The van der Waals surface area contributed by atoms with Gasteiger partial charge in [-0.2, -0.15) is 39.5 Å². The van der Waals surface area contributed by atoms with Crippen LogP contribution in [0.5, 0.6) is 0 Å². The van der Waals surface area contributed by atoms with E-state index in [0.29, 0.717) is 0 Å². The molecular formula is C20H25F9N4O8. The molecule has 1 saturated heterocycles. The molecule has 1 aliphatic rings. The summed E-state index contributed by atoms with van der Waals surface area (Å²) < 4.78 is 95.2. The number of nitro groups is 1. The Balaban J connectivity index is 0. The lowest BCUT2D eigenvalue weighted by atomic mass is 10.2. The van der Waals surface area contributed by atoms with Gasteiger partial charge in [-0.1, -0.05) is 6.07 Å². The highest BCUT2D eigenvalue weighted by Gasteiger charge is 2.39. The van der Waals surface area contributed by atoms with Crippen LogP contribution < -0.4 is 10.6 Å². The van der Waals surface area contributed by atoms with E-state index in [9.17, 15) is 49.6 Å². The average molecular weight is 620 g/mol. The Morgan fingerprint density at radius 2 is 1.20 bits per heavy atom. The molecule has 1 aromatic rings. The maximum absolute atomic E-state index is 10.8. The van der Waals surface area contributed by atoms with Crippen LogP contribution in [-0.4, -0.2) is 101 Å². The standard InChI is InChI=1S/C14H22N4O2.3C2HF3O2/c15-6-1-2-7-16-8-10-17(11-9-16)13-4-3-5-14(12-13)18(19)20;3*3-2(4,5)1(6)7/h3-5,12H,1-2,6-11,15H2;3*(H,6,7). The number of unbranched alkanes of at least 4 members (excludes halogenated alkanes) is 1. The van der Waals surface area contributed by atoms with Gasteiger partial charge >= 0.3 is 36.4 Å². The minimum Gasteiger partial charge on any atom is -0.475 e. The number of carboxylic acid groups (broad SMARTS) is 3. The highest BCUT2D eigenvalue weighted by atomic mass is 19.4. The SMILES string of the molecule is NCCCCN1CCN(c2cccc([N+](=O)[O-])c2)CC1.O=C(O)C(F)(F)F.O=C(O)C(F)(F)F.O=C(O)C(F)(F)F. The van der Waals surface area contributed by atoms with Gasteiger partial charge in [0.25, 0.3) is 5.69 Å². The van der Waals surface area contributed by atoms with Crippen molar-refractivity contribution < 1.29 is 74.1 Å². The van der Waals surface area contributed by atoms with Crippen molar-refractivity contribution in [3.05, 3.63) is 34.4 Å². The van der Waals surface area contributed by atoms with Crippen LogP contribution in [0.25, 0.3) is 0 Å². The van der Waals surface area contributed by atoms with E-state index in [0.717, 1.165) is 57.8 Å². The first-order chi connectivity index (χ1) is 18.5. The summed E-state index contributed by atoms with van der Waals surface area (Å²) in [5.41, 5.74) is 6.60. The fourth-order valence-electron chi connectivity index (χ4n) is 2.51. The molecule has 1 aromatic carbocycles. The molecule has 1 aliphatic heterocycles. The molecular weight excluding hydrogens is 595 g/mol. The van der Waals surface area contributed by atoms with Crippen molar-refractivity contribution in [2.24, 2.45) is 5.73 Å². The second kappa shape index (κ2) is 17.7. The summed E-state index contributed by atoms with van der Waals surface area (Å²) in [5.74, 6) is -8.27. The van der Waals surface area contributed by atoms with E-state index in [1.54, 1.807) is 12.1 Å². The number of hydrogen-bond donors (Lipinski definition) is 4. The molecule has 41 heavy (non-hydrogen) atoms. The van der Waals surface area contributed by atoms with Crippen LogP contribution in [0.2, 0.25) is 0 Å². The predicted molar refractivity (Wildman–Crippen MR) is 121 cm³/mol. The molecule has 1 heterocycles. The number of anilines is 1. The van der Waals surface area contributed by atoms with Gasteiger partial charge in [-0.05, 0) is 32.0 Å². The third-order valence-electron chi connectivity index (χ3n) is 4.43. The largest absolute Gasteiger partial charge is 0.490 e. The average Bonchev–Trinajstić information content (AvgIpc) is 2.84. The topological polar surface area (TPSA) is 188 Å². The number of alkyl halides is 9. The minimum atomic E-state index is -5.08. The second-order valence-electron chi connectivity index (χ2n) is 7.51. The number of rotatable bonds is 6. The highest BCUT2D eigenvalue weighted by molar-refractivity contribution is 5.73. The minimum absolute atomic E-state index is 0.160. The Kier molecular flexibility index (Phi) is 17.0.